The van der Waals surface area contributed by atoms with Crippen LogP contribution in [-0.2, 0) is 0 Å². The van der Waals surface area contributed by atoms with Crippen LogP contribution in [0.1, 0.15) is 15.9 Å². The Kier molecular flexibility index (Phi) is 3.94. The Bertz CT molecular complexity index is 434. The largest absolute Gasteiger partial charge is 0.507 e. The number of aldehydes is 1. The molecule has 15 heavy (non-hydrogen) atoms. The standard InChI is InChI=1S/C10H9N3O2/c11-13-12-5-1-2-8-3-4-10(15)9(6-8)7-14/h1-4,6-7,15H,5H2. The fourth-order valence-corrected chi connectivity index (χ4v) is 1.04. The van der Waals surface area contributed by atoms with Crippen molar-refractivity contribution >= 4 is 12.4 Å². The molecule has 5 nitrogen and oxygen atoms in total. The third-order valence-electron chi connectivity index (χ3n) is 1.74. The molecule has 0 amide bonds. The summed E-state index contributed by atoms with van der Waals surface area (Å²) in [6.07, 6.45) is 3.96. The van der Waals surface area contributed by atoms with Crippen molar-refractivity contribution in [3.63, 3.8) is 0 Å². The Morgan fingerprint density at radius 3 is 3.00 bits per heavy atom. The van der Waals surface area contributed by atoms with Crippen molar-refractivity contribution in [3.05, 3.63) is 45.8 Å². The molecule has 0 spiro atoms. The lowest BCUT2D eigenvalue weighted by Crippen LogP contribution is -1.82. The smallest absolute Gasteiger partial charge is 0.153 e. The first-order chi connectivity index (χ1) is 7.27. The van der Waals surface area contributed by atoms with Gasteiger partial charge in [-0.25, -0.2) is 0 Å². The molecule has 76 valence electrons. The van der Waals surface area contributed by atoms with E-state index in [0.717, 1.165) is 5.56 Å². The van der Waals surface area contributed by atoms with Crippen LogP contribution in [0.2, 0.25) is 0 Å². The third-order valence-corrected chi connectivity index (χ3v) is 1.74. The molecule has 0 bridgehead atoms. The first-order valence-corrected chi connectivity index (χ1v) is 4.23. The second-order valence-corrected chi connectivity index (χ2v) is 2.75. The lowest BCUT2D eigenvalue weighted by molar-refractivity contribution is 0.112. The summed E-state index contributed by atoms with van der Waals surface area (Å²) in [4.78, 5) is 13.1. The molecule has 0 aliphatic rings. The van der Waals surface area contributed by atoms with Crippen molar-refractivity contribution in [2.45, 2.75) is 0 Å². The minimum atomic E-state index is -0.0443. The van der Waals surface area contributed by atoms with E-state index >= 15 is 0 Å². The molecule has 0 radical (unpaired) electrons. The van der Waals surface area contributed by atoms with E-state index in [0.29, 0.717) is 6.29 Å². The lowest BCUT2D eigenvalue weighted by atomic mass is 10.1. The van der Waals surface area contributed by atoms with E-state index in [2.05, 4.69) is 10.0 Å². The molecule has 0 saturated carbocycles. The maximum Gasteiger partial charge on any atom is 0.153 e. The predicted octanol–water partition coefficient (Wildman–Crippen LogP) is 2.53. The van der Waals surface area contributed by atoms with Gasteiger partial charge in [0.2, 0.25) is 0 Å². The molecule has 0 unspecified atom stereocenters. The van der Waals surface area contributed by atoms with Crippen molar-refractivity contribution in [2.24, 2.45) is 5.11 Å². The number of nitrogens with zero attached hydrogens (tertiary/aromatic N) is 3. The normalized spacial score (nSPS) is 9.87. The number of benzene rings is 1. The fraction of sp³-hybridized carbons (Fsp3) is 0.100. The van der Waals surface area contributed by atoms with Crippen LogP contribution in [0.5, 0.6) is 5.75 Å². The van der Waals surface area contributed by atoms with E-state index in [1.165, 1.54) is 6.07 Å². The van der Waals surface area contributed by atoms with Gasteiger partial charge in [0.25, 0.3) is 0 Å². The summed E-state index contributed by atoms with van der Waals surface area (Å²) in [6, 6.07) is 4.65. The van der Waals surface area contributed by atoms with Crippen LogP contribution in [0.3, 0.4) is 0 Å². The second-order valence-electron chi connectivity index (χ2n) is 2.75. The molecule has 0 aromatic heterocycles. The number of hydrogen-bond acceptors (Lipinski definition) is 3. The van der Waals surface area contributed by atoms with E-state index in [1.54, 1.807) is 24.3 Å². The van der Waals surface area contributed by atoms with E-state index in [-0.39, 0.29) is 17.9 Å². The number of phenols is 1. The molecule has 0 fully saturated rings. The summed E-state index contributed by atoms with van der Waals surface area (Å²) in [6.45, 7) is 0.258. The number of carbonyl (C=O) groups is 1. The summed E-state index contributed by atoms with van der Waals surface area (Å²) in [5.41, 5.74) is 9.03. The topological polar surface area (TPSA) is 86.1 Å². The minimum Gasteiger partial charge on any atom is -0.507 e. The van der Waals surface area contributed by atoms with E-state index in [1.807, 2.05) is 0 Å². The van der Waals surface area contributed by atoms with Crippen molar-refractivity contribution in [2.75, 3.05) is 6.54 Å². The average Bonchev–Trinajstić information content (AvgIpc) is 2.26. The van der Waals surface area contributed by atoms with Gasteiger partial charge in [-0.05, 0) is 23.2 Å². The molecule has 0 saturated heterocycles. The molecular formula is C10H9N3O2. The van der Waals surface area contributed by atoms with Gasteiger partial charge in [0.1, 0.15) is 5.75 Å². The Balaban J connectivity index is 2.82. The molecular weight excluding hydrogens is 194 g/mol. The SMILES string of the molecule is [N-]=[N+]=NCC=Cc1ccc(O)c(C=O)c1. The number of azide groups is 1. The zero-order chi connectivity index (χ0) is 11.1. The number of phenolic OH excluding ortho intramolecular Hbond substituents is 1. The Hall–Kier alpha value is -2.26. The highest BCUT2D eigenvalue weighted by molar-refractivity contribution is 5.80. The first kappa shape index (κ1) is 10.8. The highest BCUT2D eigenvalue weighted by Gasteiger charge is 1.98. The van der Waals surface area contributed by atoms with E-state index < -0.39 is 0 Å². The number of carbonyl (C=O) groups excluding carboxylic acids is 1. The molecule has 0 atom stereocenters. The van der Waals surface area contributed by atoms with Crippen LogP contribution in [0.15, 0.2) is 29.4 Å². The summed E-state index contributed by atoms with van der Waals surface area (Å²) >= 11 is 0. The molecule has 5 heteroatoms. The van der Waals surface area contributed by atoms with E-state index in [4.69, 9.17) is 5.53 Å². The Morgan fingerprint density at radius 1 is 1.53 bits per heavy atom. The first-order valence-electron chi connectivity index (χ1n) is 4.23. The van der Waals surface area contributed by atoms with Crippen LogP contribution in [0.4, 0.5) is 0 Å². The van der Waals surface area contributed by atoms with Crippen LogP contribution in [0, 0.1) is 0 Å². The van der Waals surface area contributed by atoms with Crippen LogP contribution in [-0.4, -0.2) is 17.9 Å². The van der Waals surface area contributed by atoms with Crippen LogP contribution < -0.4 is 0 Å². The van der Waals surface area contributed by atoms with Gasteiger partial charge in [-0.3, -0.25) is 4.79 Å². The van der Waals surface area contributed by atoms with Crippen molar-refractivity contribution < 1.29 is 9.90 Å². The monoisotopic (exact) mass is 203 g/mol. The molecule has 1 N–H and O–H groups in total. The molecule has 0 aliphatic carbocycles. The molecule has 1 aromatic carbocycles. The van der Waals surface area contributed by atoms with E-state index in [9.17, 15) is 9.90 Å². The Morgan fingerprint density at radius 2 is 2.33 bits per heavy atom. The average molecular weight is 203 g/mol. The maximum absolute atomic E-state index is 10.5. The van der Waals surface area contributed by atoms with Crippen LogP contribution >= 0.6 is 0 Å². The third kappa shape index (κ3) is 3.17. The number of hydrogen-bond donors (Lipinski definition) is 1. The van der Waals surface area contributed by atoms with Gasteiger partial charge in [0, 0.05) is 11.5 Å². The maximum atomic E-state index is 10.5. The zero-order valence-corrected chi connectivity index (χ0v) is 7.87. The minimum absolute atomic E-state index is 0.0443. The van der Waals surface area contributed by atoms with Gasteiger partial charge < -0.3 is 5.11 Å². The predicted molar refractivity (Wildman–Crippen MR) is 56.5 cm³/mol. The van der Waals surface area contributed by atoms with Crippen molar-refractivity contribution in [1.82, 2.24) is 0 Å². The summed E-state index contributed by atoms with van der Waals surface area (Å²) in [5.74, 6) is -0.0443. The summed E-state index contributed by atoms with van der Waals surface area (Å²) in [7, 11) is 0. The van der Waals surface area contributed by atoms with Gasteiger partial charge in [-0.15, -0.1) is 0 Å². The Labute approximate surface area is 86.3 Å². The summed E-state index contributed by atoms with van der Waals surface area (Å²) < 4.78 is 0. The summed E-state index contributed by atoms with van der Waals surface area (Å²) in [5, 5.41) is 12.5. The highest BCUT2D eigenvalue weighted by Crippen LogP contribution is 2.17. The number of aromatic hydroxyl groups is 1. The van der Waals surface area contributed by atoms with Gasteiger partial charge in [-0.2, -0.15) is 0 Å². The zero-order valence-electron chi connectivity index (χ0n) is 7.87. The molecule has 1 rings (SSSR count). The molecule has 0 aliphatic heterocycles. The second kappa shape index (κ2) is 5.47. The fourth-order valence-electron chi connectivity index (χ4n) is 1.04. The quantitative estimate of drug-likeness (QED) is 0.353. The van der Waals surface area contributed by atoms with Gasteiger partial charge in [0.15, 0.2) is 6.29 Å². The highest BCUT2D eigenvalue weighted by atomic mass is 16.3. The van der Waals surface area contributed by atoms with Crippen LogP contribution in [0.25, 0.3) is 16.5 Å². The van der Waals surface area contributed by atoms with Crippen molar-refractivity contribution in [3.8, 4) is 5.75 Å². The van der Waals surface area contributed by atoms with Gasteiger partial charge in [0.05, 0.1) is 5.56 Å². The lowest BCUT2D eigenvalue weighted by Gasteiger charge is -1.98. The molecule has 0 heterocycles. The van der Waals surface area contributed by atoms with Gasteiger partial charge >= 0.3 is 0 Å². The van der Waals surface area contributed by atoms with Gasteiger partial charge in [-0.1, -0.05) is 23.3 Å². The molecule has 1 aromatic rings. The van der Waals surface area contributed by atoms with Crippen molar-refractivity contribution in [1.29, 1.82) is 0 Å². The number of rotatable bonds is 4.